The summed E-state index contributed by atoms with van der Waals surface area (Å²) in [5, 5.41) is 0. The Balaban J connectivity index is 1.46. The van der Waals surface area contributed by atoms with Gasteiger partial charge in [0.05, 0.1) is 12.0 Å². The third kappa shape index (κ3) is 3.23. The lowest BCUT2D eigenvalue weighted by Gasteiger charge is -2.54. The monoisotopic (exact) mass is 345 g/mol. The van der Waals surface area contributed by atoms with Crippen LogP contribution in [0.5, 0.6) is 5.75 Å². The second-order valence-electron chi connectivity index (χ2n) is 8.06. The van der Waals surface area contributed by atoms with Gasteiger partial charge in [0.2, 0.25) is 11.8 Å². The van der Waals surface area contributed by atoms with Crippen LogP contribution in [0, 0.1) is 16.7 Å². The quantitative estimate of drug-likeness (QED) is 0.730. The maximum absolute atomic E-state index is 11.9. The first-order valence-corrected chi connectivity index (χ1v) is 8.79. The minimum Gasteiger partial charge on any atom is -0.494 e. The summed E-state index contributed by atoms with van der Waals surface area (Å²) in [6.45, 7) is 7.63. The molecular weight excluding hydrogens is 318 g/mol. The molecule has 4 N–H and O–H groups in total. The number of hydrogen-bond donors (Lipinski definition) is 2. The first kappa shape index (κ1) is 17.7. The van der Waals surface area contributed by atoms with Gasteiger partial charge >= 0.3 is 0 Å². The van der Waals surface area contributed by atoms with Crippen molar-refractivity contribution in [3.05, 3.63) is 29.8 Å². The molecule has 25 heavy (non-hydrogen) atoms. The number of rotatable bonds is 7. The van der Waals surface area contributed by atoms with Gasteiger partial charge in [-0.2, -0.15) is 0 Å². The Labute approximate surface area is 148 Å². The third-order valence-corrected chi connectivity index (χ3v) is 5.84. The highest BCUT2D eigenvalue weighted by atomic mass is 16.5. The Bertz CT molecular complexity index is 671. The smallest absolute Gasteiger partial charge is 0.248 e. The van der Waals surface area contributed by atoms with E-state index in [0.29, 0.717) is 18.1 Å². The van der Waals surface area contributed by atoms with Crippen LogP contribution in [0.3, 0.4) is 0 Å². The van der Waals surface area contributed by atoms with Crippen molar-refractivity contribution in [1.82, 2.24) is 4.90 Å². The Hall–Kier alpha value is -2.08. The van der Waals surface area contributed by atoms with Gasteiger partial charge in [-0.3, -0.25) is 9.59 Å². The van der Waals surface area contributed by atoms with Gasteiger partial charge < -0.3 is 21.1 Å². The van der Waals surface area contributed by atoms with E-state index in [0.717, 1.165) is 38.2 Å². The molecule has 1 aliphatic heterocycles. The van der Waals surface area contributed by atoms with Crippen molar-refractivity contribution in [3.8, 4) is 5.75 Å². The number of ether oxygens (including phenoxy) is 1. The molecule has 2 amide bonds. The molecule has 0 unspecified atom stereocenters. The fraction of sp³-hybridized carbons (Fsp3) is 0.579. The molecule has 2 aliphatic rings. The molecule has 1 aliphatic carbocycles. The summed E-state index contributed by atoms with van der Waals surface area (Å²) in [6, 6.07) is 6.82. The standard InChI is InChI=1S/C19H27N3O3/c1-18(2)11-19(17(21)24)12-22(10-15(18)19)8-3-9-25-14-6-4-13(5-7-14)16(20)23/h4-7,15H,3,8-12H2,1-2H3,(H2,20,23)(H2,21,24)/t15-,19+/m1/s1. The molecule has 6 heteroatoms. The van der Waals surface area contributed by atoms with E-state index in [1.807, 2.05) is 0 Å². The van der Waals surface area contributed by atoms with E-state index in [2.05, 4.69) is 18.7 Å². The second-order valence-corrected chi connectivity index (χ2v) is 8.06. The van der Waals surface area contributed by atoms with Gasteiger partial charge in [0.15, 0.2) is 0 Å². The van der Waals surface area contributed by atoms with E-state index < -0.39 is 5.91 Å². The van der Waals surface area contributed by atoms with E-state index in [-0.39, 0.29) is 16.7 Å². The number of fused-ring (bicyclic) bond motifs is 1. The molecule has 6 nitrogen and oxygen atoms in total. The van der Waals surface area contributed by atoms with Crippen LogP contribution in [0.1, 0.15) is 37.0 Å². The van der Waals surface area contributed by atoms with Gasteiger partial charge in [-0.1, -0.05) is 13.8 Å². The van der Waals surface area contributed by atoms with Crippen LogP contribution in [0.4, 0.5) is 0 Å². The van der Waals surface area contributed by atoms with Crippen LogP contribution in [0.2, 0.25) is 0 Å². The lowest BCUT2D eigenvalue weighted by atomic mass is 9.48. The van der Waals surface area contributed by atoms with Crippen molar-refractivity contribution in [1.29, 1.82) is 0 Å². The maximum Gasteiger partial charge on any atom is 0.248 e. The summed E-state index contributed by atoms with van der Waals surface area (Å²) in [6.07, 6.45) is 1.76. The number of benzene rings is 1. The predicted octanol–water partition coefficient (Wildman–Crippen LogP) is 1.39. The Morgan fingerprint density at radius 2 is 1.92 bits per heavy atom. The minimum absolute atomic E-state index is 0.148. The van der Waals surface area contributed by atoms with Crippen molar-refractivity contribution in [2.45, 2.75) is 26.7 Å². The molecule has 1 aromatic carbocycles. The maximum atomic E-state index is 11.9. The Kier molecular flexibility index (Phi) is 4.49. The SMILES string of the molecule is CC1(C)C[C@]2(C(N)=O)CN(CCCOc3ccc(C(N)=O)cc3)C[C@H]12. The second kappa shape index (κ2) is 6.33. The number of likely N-dealkylation sites (tertiary alicyclic amines) is 1. The molecule has 3 rings (SSSR count). The zero-order valence-electron chi connectivity index (χ0n) is 15.0. The average Bonchev–Trinajstić information content (AvgIpc) is 2.87. The van der Waals surface area contributed by atoms with Crippen molar-refractivity contribution in [3.63, 3.8) is 0 Å². The zero-order valence-corrected chi connectivity index (χ0v) is 15.0. The van der Waals surface area contributed by atoms with E-state index in [1.54, 1.807) is 24.3 Å². The average molecular weight is 345 g/mol. The van der Waals surface area contributed by atoms with Crippen molar-refractivity contribution in [2.75, 3.05) is 26.2 Å². The molecule has 136 valence electrons. The van der Waals surface area contributed by atoms with Crippen LogP contribution in [0.25, 0.3) is 0 Å². The lowest BCUT2D eigenvalue weighted by molar-refractivity contribution is -0.148. The molecule has 2 fully saturated rings. The molecule has 1 aromatic rings. The summed E-state index contributed by atoms with van der Waals surface area (Å²) in [7, 11) is 0. The van der Waals surface area contributed by atoms with Crippen LogP contribution >= 0.6 is 0 Å². The van der Waals surface area contributed by atoms with Gasteiger partial charge in [-0.15, -0.1) is 0 Å². The van der Waals surface area contributed by atoms with Gasteiger partial charge in [-0.05, 0) is 48.4 Å². The minimum atomic E-state index is -0.443. The Morgan fingerprint density at radius 1 is 1.24 bits per heavy atom. The number of amides is 2. The Morgan fingerprint density at radius 3 is 2.44 bits per heavy atom. The van der Waals surface area contributed by atoms with Gasteiger partial charge in [0, 0.05) is 25.2 Å². The third-order valence-electron chi connectivity index (χ3n) is 5.84. The van der Waals surface area contributed by atoms with Crippen LogP contribution in [-0.4, -0.2) is 43.0 Å². The number of primary amides is 2. The first-order valence-electron chi connectivity index (χ1n) is 8.79. The summed E-state index contributed by atoms with van der Waals surface area (Å²) >= 11 is 0. The molecule has 0 bridgehead atoms. The van der Waals surface area contributed by atoms with Crippen molar-refractivity contribution >= 4 is 11.8 Å². The van der Waals surface area contributed by atoms with Gasteiger partial charge in [0.1, 0.15) is 5.75 Å². The molecule has 1 heterocycles. The fourth-order valence-corrected chi connectivity index (χ4v) is 4.69. The van der Waals surface area contributed by atoms with Gasteiger partial charge in [-0.25, -0.2) is 0 Å². The van der Waals surface area contributed by atoms with Crippen molar-refractivity contribution < 1.29 is 14.3 Å². The lowest BCUT2D eigenvalue weighted by Crippen LogP contribution is -2.59. The summed E-state index contributed by atoms with van der Waals surface area (Å²) in [5.41, 5.74) is 11.3. The normalized spacial score (nSPS) is 27.4. The van der Waals surface area contributed by atoms with Gasteiger partial charge in [0.25, 0.3) is 0 Å². The number of hydrogen-bond acceptors (Lipinski definition) is 4. The van der Waals surface area contributed by atoms with Crippen molar-refractivity contribution in [2.24, 2.45) is 28.2 Å². The van der Waals surface area contributed by atoms with E-state index in [4.69, 9.17) is 16.2 Å². The summed E-state index contributed by atoms with van der Waals surface area (Å²) < 4.78 is 5.71. The highest BCUT2D eigenvalue weighted by molar-refractivity contribution is 5.92. The molecule has 0 aromatic heterocycles. The molecular formula is C19H27N3O3. The largest absolute Gasteiger partial charge is 0.494 e. The number of nitrogens with two attached hydrogens (primary N) is 2. The molecule has 2 atom stereocenters. The number of carbonyl (C=O) groups is 2. The van der Waals surface area contributed by atoms with E-state index >= 15 is 0 Å². The zero-order chi connectivity index (χ0) is 18.2. The van der Waals surface area contributed by atoms with E-state index in [9.17, 15) is 9.59 Å². The topological polar surface area (TPSA) is 98.7 Å². The summed E-state index contributed by atoms with van der Waals surface area (Å²) in [5.74, 6) is 0.493. The van der Waals surface area contributed by atoms with Crippen LogP contribution in [0.15, 0.2) is 24.3 Å². The van der Waals surface area contributed by atoms with Crippen LogP contribution < -0.4 is 16.2 Å². The molecule has 0 radical (unpaired) electrons. The molecule has 0 spiro atoms. The molecule has 1 saturated heterocycles. The fourth-order valence-electron chi connectivity index (χ4n) is 4.69. The highest BCUT2D eigenvalue weighted by Gasteiger charge is 2.65. The van der Waals surface area contributed by atoms with E-state index in [1.165, 1.54) is 0 Å². The molecule has 1 saturated carbocycles. The van der Waals surface area contributed by atoms with Crippen LogP contribution in [-0.2, 0) is 4.79 Å². The summed E-state index contributed by atoms with van der Waals surface area (Å²) in [4.78, 5) is 25.3. The number of nitrogens with zero attached hydrogens (tertiary/aromatic N) is 1. The predicted molar refractivity (Wildman–Crippen MR) is 95.0 cm³/mol. The number of carbonyl (C=O) groups excluding carboxylic acids is 2. The highest BCUT2D eigenvalue weighted by Crippen LogP contribution is 2.62. The first-order chi connectivity index (χ1) is 11.7.